The smallest absolute Gasteiger partial charge is 0.191 e. The van der Waals surface area contributed by atoms with Crippen molar-refractivity contribution in [1.82, 2.24) is 10.6 Å². The fourth-order valence-electron chi connectivity index (χ4n) is 2.24. The van der Waals surface area contributed by atoms with Gasteiger partial charge in [-0.25, -0.2) is 4.39 Å². The van der Waals surface area contributed by atoms with Crippen LogP contribution in [0.5, 0.6) is 0 Å². The minimum atomic E-state index is -0.173. The minimum absolute atomic E-state index is 0.164. The molecule has 1 aliphatic rings. The van der Waals surface area contributed by atoms with Crippen molar-refractivity contribution in [2.45, 2.75) is 31.6 Å². The van der Waals surface area contributed by atoms with E-state index in [9.17, 15) is 4.39 Å². The zero-order chi connectivity index (χ0) is 13.7. The third-order valence-electron chi connectivity index (χ3n) is 3.67. The maximum absolute atomic E-state index is 13.0. The summed E-state index contributed by atoms with van der Waals surface area (Å²) in [5.74, 6) is 0.670. The Morgan fingerprint density at radius 3 is 2.47 bits per heavy atom. The first-order valence-corrected chi connectivity index (χ1v) is 6.91. The average molecular weight is 263 g/mol. The van der Waals surface area contributed by atoms with E-state index < -0.39 is 0 Å². The van der Waals surface area contributed by atoms with Gasteiger partial charge in [-0.15, -0.1) is 0 Å². The van der Waals surface area contributed by atoms with Crippen molar-refractivity contribution in [2.75, 3.05) is 20.1 Å². The number of nitrogens with one attached hydrogen (secondary N) is 2. The molecular weight excluding hydrogens is 241 g/mol. The number of benzene rings is 1. The summed E-state index contributed by atoms with van der Waals surface area (Å²) in [6, 6.07) is 6.87. The SMILES string of the molecule is CCCNC(=NC)NCC1(c2ccc(F)cc2)CC1. The Morgan fingerprint density at radius 1 is 1.26 bits per heavy atom. The van der Waals surface area contributed by atoms with Gasteiger partial charge < -0.3 is 10.6 Å². The first-order valence-electron chi connectivity index (χ1n) is 6.91. The van der Waals surface area contributed by atoms with Crippen LogP contribution in [0.3, 0.4) is 0 Å². The third kappa shape index (κ3) is 3.46. The normalized spacial score (nSPS) is 17.1. The molecule has 19 heavy (non-hydrogen) atoms. The van der Waals surface area contributed by atoms with E-state index in [1.54, 1.807) is 19.2 Å². The van der Waals surface area contributed by atoms with E-state index in [0.29, 0.717) is 0 Å². The van der Waals surface area contributed by atoms with Gasteiger partial charge in [0.05, 0.1) is 0 Å². The molecule has 0 radical (unpaired) electrons. The number of guanidine groups is 1. The van der Waals surface area contributed by atoms with Gasteiger partial charge in [0.2, 0.25) is 0 Å². The van der Waals surface area contributed by atoms with Crippen molar-refractivity contribution < 1.29 is 4.39 Å². The zero-order valence-corrected chi connectivity index (χ0v) is 11.7. The lowest BCUT2D eigenvalue weighted by Gasteiger charge is -2.19. The van der Waals surface area contributed by atoms with Gasteiger partial charge in [-0.2, -0.15) is 0 Å². The maximum atomic E-state index is 13.0. The fraction of sp³-hybridized carbons (Fsp3) is 0.533. The van der Waals surface area contributed by atoms with E-state index in [-0.39, 0.29) is 11.2 Å². The Balaban J connectivity index is 1.93. The molecule has 104 valence electrons. The summed E-state index contributed by atoms with van der Waals surface area (Å²) >= 11 is 0. The second-order valence-corrected chi connectivity index (χ2v) is 5.14. The summed E-state index contributed by atoms with van der Waals surface area (Å²) in [4.78, 5) is 4.20. The van der Waals surface area contributed by atoms with Crippen molar-refractivity contribution in [1.29, 1.82) is 0 Å². The number of hydrogen-bond acceptors (Lipinski definition) is 1. The summed E-state index contributed by atoms with van der Waals surface area (Å²) in [5.41, 5.74) is 1.38. The van der Waals surface area contributed by atoms with E-state index in [0.717, 1.165) is 38.3 Å². The van der Waals surface area contributed by atoms with Crippen LogP contribution >= 0.6 is 0 Å². The van der Waals surface area contributed by atoms with E-state index in [1.807, 2.05) is 12.1 Å². The highest BCUT2D eigenvalue weighted by Gasteiger charge is 2.44. The molecule has 3 nitrogen and oxygen atoms in total. The van der Waals surface area contributed by atoms with Crippen LogP contribution in [0, 0.1) is 5.82 Å². The second-order valence-electron chi connectivity index (χ2n) is 5.14. The zero-order valence-electron chi connectivity index (χ0n) is 11.7. The molecule has 1 saturated carbocycles. The number of rotatable bonds is 5. The highest BCUT2D eigenvalue weighted by Crippen LogP contribution is 2.47. The Kier molecular flexibility index (Phi) is 4.40. The number of nitrogens with zero attached hydrogens (tertiary/aromatic N) is 1. The Morgan fingerprint density at radius 2 is 1.95 bits per heavy atom. The van der Waals surface area contributed by atoms with Gasteiger partial charge in [0, 0.05) is 25.6 Å². The van der Waals surface area contributed by atoms with Crippen LogP contribution in [0.2, 0.25) is 0 Å². The van der Waals surface area contributed by atoms with E-state index >= 15 is 0 Å². The molecule has 1 fully saturated rings. The van der Waals surface area contributed by atoms with Crippen molar-refractivity contribution in [3.05, 3.63) is 35.6 Å². The molecule has 2 N–H and O–H groups in total. The summed E-state index contributed by atoms with van der Waals surface area (Å²) in [6.07, 6.45) is 3.37. The Labute approximate surface area is 114 Å². The second kappa shape index (κ2) is 6.04. The van der Waals surface area contributed by atoms with Crippen LogP contribution in [-0.4, -0.2) is 26.1 Å². The van der Waals surface area contributed by atoms with Crippen molar-refractivity contribution >= 4 is 5.96 Å². The van der Waals surface area contributed by atoms with Crippen molar-refractivity contribution in [2.24, 2.45) is 4.99 Å². The quantitative estimate of drug-likeness (QED) is 0.632. The summed E-state index contributed by atoms with van der Waals surface area (Å²) in [5, 5.41) is 6.62. The standard InChI is InChI=1S/C15H22FN3/c1-3-10-18-14(17-2)19-11-15(8-9-15)12-4-6-13(16)7-5-12/h4-7H,3,8-11H2,1-2H3,(H2,17,18,19). The Hall–Kier alpha value is -1.58. The highest BCUT2D eigenvalue weighted by atomic mass is 19.1. The fourth-order valence-corrected chi connectivity index (χ4v) is 2.24. The van der Waals surface area contributed by atoms with Gasteiger partial charge in [0.15, 0.2) is 5.96 Å². The molecule has 1 aliphatic carbocycles. The molecule has 0 aliphatic heterocycles. The van der Waals surface area contributed by atoms with Crippen LogP contribution < -0.4 is 10.6 Å². The molecule has 1 aromatic carbocycles. The molecule has 0 unspecified atom stereocenters. The van der Waals surface area contributed by atoms with Gasteiger partial charge in [-0.3, -0.25) is 4.99 Å². The van der Waals surface area contributed by atoms with Crippen LogP contribution in [0.1, 0.15) is 31.7 Å². The lowest BCUT2D eigenvalue weighted by molar-refractivity contribution is 0.617. The molecular formula is C15H22FN3. The predicted octanol–water partition coefficient (Wildman–Crippen LogP) is 2.43. The van der Waals surface area contributed by atoms with Crippen molar-refractivity contribution in [3.8, 4) is 0 Å². The van der Waals surface area contributed by atoms with Gasteiger partial charge in [0.25, 0.3) is 0 Å². The van der Waals surface area contributed by atoms with Crippen molar-refractivity contribution in [3.63, 3.8) is 0 Å². The summed E-state index contributed by atoms with van der Waals surface area (Å²) < 4.78 is 13.0. The molecule has 0 spiro atoms. The topological polar surface area (TPSA) is 36.4 Å². The number of aliphatic imine (C=N–C) groups is 1. The average Bonchev–Trinajstić information content (AvgIpc) is 3.21. The Bertz CT molecular complexity index is 435. The van der Waals surface area contributed by atoms with Crippen LogP contribution in [0.4, 0.5) is 4.39 Å². The highest BCUT2D eigenvalue weighted by molar-refractivity contribution is 5.79. The first-order chi connectivity index (χ1) is 9.20. The lowest BCUT2D eigenvalue weighted by Crippen LogP contribution is -2.41. The van der Waals surface area contributed by atoms with Gasteiger partial charge in [0.1, 0.15) is 5.82 Å². The van der Waals surface area contributed by atoms with Crippen LogP contribution in [0.25, 0.3) is 0 Å². The minimum Gasteiger partial charge on any atom is -0.356 e. The number of halogens is 1. The predicted molar refractivity (Wildman–Crippen MR) is 77.0 cm³/mol. The molecule has 4 heteroatoms. The molecule has 0 saturated heterocycles. The summed E-state index contributed by atoms with van der Waals surface area (Å²) in [6.45, 7) is 3.90. The van der Waals surface area contributed by atoms with Crippen LogP contribution in [0.15, 0.2) is 29.3 Å². The van der Waals surface area contributed by atoms with Gasteiger partial charge >= 0.3 is 0 Å². The molecule has 1 aromatic rings. The molecule has 0 bridgehead atoms. The van der Waals surface area contributed by atoms with Gasteiger partial charge in [-0.05, 0) is 37.0 Å². The van der Waals surface area contributed by atoms with E-state index in [4.69, 9.17) is 0 Å². The molecule has 0 aromatic heterocycles. The van der Waals surface area contributed by atoms with E-state index in [1.165, 1.54) is 5.56 Å². The lowest BCUT2D eigenvalue weighted by atomic mass is 9.96. The summed E-state index contributed by atoms with van der Waals surface area (Å²) in [7, 11) is 1.78. The largest absolute Gasteiger partial charge is 0.356 e. The van der Waals surface area contributed by atoms with Crippen LogP contribution in [-0.2, 0) is 5.41 Å². The molecule has 0 atom stereocenters. The monoisotopic (exact) mass is 263 g/mol. The van der Waals surface area contributed by atoms with Gasteiger partial charge in [-0.1, -0.05) is 19.1 Å². The molecule has 0 heterocycles. The first kappa shape index (κ1) is 13.8. The molecule has 0 amide bonds. The maximum Gasteiger partial charge on any atom is 0.191 e. The number of hydrogen-bond donors (Lipinski definition) is 2. The van der Waals surface area contributed by atoms with E-state index in [2.05, 4.69) is 22.5 Å². The molecule has 2 rings (SSSR count). The third-order valence-corrected chi connectivity index (χ3v) is 3.67.